The van der Waals surface area contributed by atoms with Gasteiger partial charge in [-0.3, -0.25) is 9.59 Å². The number of carbonyl (C=O) groups excluding carboxylic acids is 1. The van der Waals surface area contributed by atoms with E-state index in [0.717, 1.165) is 22.6 Å². The van der Waals surface area contributed by atoms with Crippen LogP contribution in [0, 0.1) is 0 Å². The first-order valence-corrected chi connectivity index (χ1v) is 8.57. The molecular weight excluding hydrogens is 344 g/mol. The van der Waals surface area contributed by atoms with Gasteiger partial charge in [-0.15, -0.1) is 0 Å². The summed E-state index contributed by atoms with van der Waals surface area (Å²) in [5.74, 6) is 1.20. The molecule has 3 heterocycles. The van der Waals surface area contributed by atoms with Crippen LogP contribution in [0.4, 0.5) is 0 Å². The molecule has 3 aromatic rings. The topological polar surface area (TPSA) is 88.2 Å². The molecule has 1 aliphatic rings. The fourth-order valence-electron chi connectivity index (χ4n) is 3.11. The van der Waals surface area contributed by atoms with Gasteiger partial charge in [0.2, 0.25) is 0 Å². The number of ether oxygens (including phenoxy) is 1. The number of hydrogen-bond donors (Lipinski definition) is 1. The highest BCUT2D eigenvalue weighted by Gasteiger charge is 2.27. The average Bonchev–Trinajstić information content (AvgIpc) is 3.12. The number of aromatic amines is 1. The minimum Gasteiger partial charge on any atom is -0.497 e. The van der Waals surface area contributed by atoms with Crippen LogP contribution < -0.4 is 10.3 Å². The Labute approximate surface area is 155 Å². The molecule has 0 saturated heterocycles. The Bertz CT molecular complexity index is 1040. The SMILES string of the molecule is COc1ccc(Cc2ncc3c(n2)CN(C(=O)c2ccc[nH]c2=O)C3)cc1. The van der Waals surface area contributed by atoms with E-state index in [1.54, 1.807) is 24.3 Å². The van der Waals surface area contributed by atoms with Crippen LogP contribution in [-0.2, 0) is 19.5 Å². The van der Waals surface area contributed by atoms with Crippen molar-refractivity contribution >= 4 is 5.91 Å². The Morgan fingerprint density at radius 3 is 2.78 bits per heavy atom. The number of pyridine rings is 1. The molecular formula is C20H18N4O3. The first kappa shape index (κ1) is 17.0. The molecule has 2 aromatic heterocycles. The van der Waals surface area contributed by atoms with Crippen LogP contribution in [0.1, 0.15) is 33.0 Å². The number of benzene rings is 1. The molecule has 136 valence electrons. The number of aromatic nitrogens is 3. The van der Waals surface area contributed by atoms with Gasteiger partial charge in [-0.2, -0.15) is 0 Å². The number of methoxy groups -OCH3 is 1. The van der Waals surface area contributed by atoms with Gasteiger partial charge in [0.15, 0.2) is 0 Å². The number of hydrogen-bond acceptors (Lipinski definition) is 5. The van der Waals surface area contributed by atoms with Gasteiger partial charge in [0.1, 0.15) is 17.1 Å². The Morgan fingerprint density at radius 2 is 2.04 bits per heavy atom. The van der Waals surface area contributed by atoms with Crippen LogP contribution in [0.15, 0.2) is 53.6 Å². The van der Waals surface area contributed by atoms with Gasteiger partial charge in [0.25, 0.3) is 11.5 Å². The van der Waals surface area contributed by atoms with Crippen LogP contribution >= 0.6 is 0 Å². The highest BCUT2D eigenvalue weighted by Crippen LogP contribution is 2.22. The summed E-state index contributed by atoms with van der Waals surface area (Å²) in [6, 6.07) is 10.9. The summed E-state index contributed by atoms with van der Waals surface area (Å²) in [4.78, 5) is 37.7. The van der Waals surface area contributed by atoms with Crippen molar-refractivity contribution in [1.82, 2.24) is 19.9 Å². The predicted octanol–water partition coefficient (Wildman–Crippen LogP) is 1.92. The van der Waals surface area contributed by atoms with E-state index in [9.17, 15) is 9.59 Å². The van der Waals surface area contributed by atoms with E-state index in [1.165, 1.54) is 12.3 Å². The Hall–Kier alpha value is -3.48. The molecule has 0 spiro atoms. The molecule has 0 atom stereocenters. The molecule has 0 unspecified atom stereocenters. The van der Waals surface area contributed by atoms with Gasteiger partial charge in [-0.05, 0) is 29.8 Å². The van der Waals surface area contributed by atoms with Crippen LogP contribution in [0.5, 0.6) is 5.75 Å². The zero-order valence-electron chi connectivity index (χ0n) is 14.8. The summed E-state index contributed by atoms with van der Waals surface area (Å²) < 4.78 is 5.17. The maximum Gasteiger partial charge on any atom is 0.260 e. The largest absolute Gasteiger partial charge is 0.497 e. The predicted molar refractivity (Wildman–Crippen MR) is 98.5 cm³/mol. The van der Waals surface area contributed by atoms with Gasteiger partial charge >= 0.3 is 0 Å². The summed E-state index contributed by atoms with van der Waals surface area (Å²) in [6.07, 6.45) is 3.88. The molecule has 1 amide bonds. The second-order valence-electron chi connectivity index (χ2n) is 6.36. The number of nitrogens with one attached hydrogen (secondary N) is 1. The van der Waals surface area contributed by atoms with Gasteiger partial charge in [-0.25, -0.2) is 9.97 Å². The molecule has 1 N–H and O–H groups in total. The number of fused-ring (bicyclic) bond motifs is 1. The van der Waals surface area contributed by atoms with E-state index in [1.807, 2.05) is 24.3 Å². The minimum atomic E-state index is -0.385. The third-order valence-electron chi connectivity index (χ3n) is 4.56. The zero-order valence-corrected chi connectivity index (χ0v) is 14.8. The molecule has 7 heteroatoms. The summed E-state index contributed by atoms with van der Waals surface area (Å²) in [6.45, 7) is 0.784. The van der Waals surface area contributed by atoms with E-state index in [0.29, 0.717) is 25.3 Å². The van der Waals surface area contributed by atoms with E-state index in [4.69, 9.17) is 4.74 Å². The number of amides is 1. The molecule has 0 saturated carbocycles. The second-order valence-corrected chi connectivity index (χ2v) is 6.36. The number of rotatable bonds is 4. The number of nitrogens with zero attached hydrogens (tertiary/aromatic N) is 3. The zero-order chi connectivity index (χ0) is 18.8. The summed E-state index contributed by atoms with van der Waals surface area (Å²) in [5, 5.41) is 0. The van der Waals surface area contributed by atoms with E-state index >= 15 is 0 Å². The lowest BCUT2D eigenvalue weighted by Crippen LogP contribution is -2.30. The van der Waals surface area contributed by atoms with Crippen LogP contribution in [0.2, 0.25) is 0 Å². The maximum absolute atomic E-state index is 12.6. The van der Waals surface area contributed by atoms with E-state index in [-0.39, 0.29) is 17.0 Å². The maximum atomic E-state index is 12.6. The Balaban J connectivity index is 1.50. The highest BCUT2D eigenvalue weighted by molar-refractivity contribution is 5.94. The second kappa shape index (κ2) is 7.03. The average molecular weight is 362 g/mol. The van der Waals surface area contributed by atoms with Gasteiger partial charge in [-0.1, -0.05) is 12.1 Å². The smallest absolute Gasteiger partial charge is 0.260 e. The first-order chi connectivity index (χ1) is 13.1. The number of carbonyl (C=O) groups is 1. The molecule has 1 aliphatic heterocycles. The van der Waals surface area contributed by atoms with Crippen molar-refractivity contribution in [3.63, 3.8) is 0 Å². The van der Waals surface area contributed by atoms with Crippen molar-refractivity contribution in [2.45, 2.75) is 19.5 Å². The van der Waals surface area contributed by atoms with Crippen molar-refractivity contribution in [3.05, 3.63) is 87.4 Å². The summed E-state index contributed by atoms with van der Waals surface area (Å²) in [7, 11) is 1.63. The van der Waals surface area contributed by atoms with Crippen LogP contribution in [0.25, 0.3) is 0 Å². The molecule has 0 aliphatic carbocycles. The lowest BCUT2D eigenvalue weighted by atomic mass is 10.1. The van der Waals surface area contributed by atoms with Crippen LogP contribution in [-0.4, -0.2) is 32.9 Å². The lowest BCUT2D eigenvalue weighted by Gasteiger charge is -2.14. The quantitative estimate of drug-likeness (QED) is 0.766. The molecule has 7 nitrogen and oxygen atoms in total. The monoisotopic (exact) mass is 362 g/mol. The third kappa shape index (κ3) is 3.44. The highest BCUT2D eigenvalue weighted by atomic mass is 16.5. The van der Waals surface area contributed by atoms with Crippen molar-refractivity contribution < 1.29 is 9.53 Å². The van der Waals surface area contributed by atoms with Crippen LogP contribution in [0.3, 0.4) is 0 Å². The normalized spacial score (nSPS) is 12.7. The van der Waals surface area contributed by atoms with Gasteiger partial charge in [0, 0.05) is 30.9 Å². The third-order valence-corrected chi connectivity index (χ3v) is 4.56. The molecule has 4 rings (SSSR count). The van der Waals surface area contributed by atoms with E-state index < -0.39 is 0 Å². The van der Waals surface area contributed by atoms with E-state index in [2.05, 4.69) is 15.0 Å². The molecule has 0 bridgehead atoms. The first-order valence-electron chi connectivity index (χ1n) is 8.57. The summed E-state index contributed by atoms with van der Waals surface area (Å²) in [5.41, 5.74) is 2.57. The molecule has 0 fully saturated rings. The molecule has 1 aromatic carbocycles. The molecule has 27 heavy (non-hydrogen) atoms. The summed E-state index contributed by atoms with van der Waals surface area (Å²) >= 11 is 0. The van der Waals surface area contributed by atoms with Crippen molar-refractivity contribution in [2.24, 2.45) is 0 Å². The fourth-order valence-corrected chi connectivity index (χ4v) is 3.11. The van der Waals surface area contributed by atoms with Crippen molar-refractivity contribution in [3.8, 4) is 5.75 Å². The molecule has 0 radical (unpaired) electrons. The Kier molecular flexibility index (Phi) is 4.42. The van der Waals surface area contributed by atoms with Gasteiger partial charge < -0.3 is 14.6 Å². The standard InChI is InChI=1S/C20H18N4O3/c1-27-15-6-4-13(5-7-15)9-18-22-10-14-11-24(12-17(14)23-18)20(26)16-3-2-8-21-19(16)25/h2-8,10H,9,11-12H2,1H3,(H,21,25). The van der Waals surface area contributed by atoms with Gasteiger partial charge in [0.05, 0.1) is 19.3 Å². The van der Waals surface area contributed by atoms with Crippen molar-refractivity contribution in [1.29, 1.82) is 0 Å². The minimum absolute atomic E-state index is 0.136. The fraction of sp³-hybridized carbons (Fsp3) is 0.200. The number of H-pyrrole nitrogens is 1. The Morgan fingerprint density at radius 1 is 1.22 bits per heavy atom. The lowest BCUT2D eigenvalue weighted by molar-refractivity contribution is 0.0748. The van der Waals surface area contributed by atoms with Crippen molar-refractivity contribution in [2.75, 3.05) is 7.11 Å².